The van der Waals surface area contributed by atoms with Gasteiger partial charge in [0.05, 0.1) is 7.11 Å². The fourth-order valence-corrected chi connectivity index (χ4v) is 2.13. The number of hydrogen-bond donors (Lipinski definition) is 2. The van der Waals surface area contributed by atoms with Gasteiger partial charge in [-0.25, -0.2) is 0 Å². The Morgan fingerprint density at radius 2 is 1.95 bits per heavy atom. The lowest BCUT2D eigenvalue weighted by Crippen LogP contribution is -2.38. The molecule has 0 aliphatic heterocycles. The maximum Gasteiger partial charge on any atom is 0.191 e. The van der Waals surface area contributed by atoms with Gasteiger partial charge >= 0.3 is 0 Å². The number of benzene rings is 1. The van der Waals surface area contributed by atoms with E-state index in [1.807, 2.05) is 18.2 Å². The highest BCUT2D eigenvalue weighted by atomic mass is 127. The molecule has 22 heavy (non-hydrogen) atoms. The van der Waals surface area contributed by atoms with Gasteiger partial charge in [-0.15, -0.1) is 24.0 Å². The minimum Gasteiger partial charge on any atom is -0.496 e. The summed E-state index contributed by atoms with van der Waals surface area (Å²) in [6.45, 7) is 9.03. The van der Waals surface area contributed by atoms with Crippen molar-refractivity contribution in [1.29, 1.82) is 0 Å². The van der Waals surface area contributed by atoms with E-state index in [0.717, 1.165) is 37.8 Å². The minimum atomic E-state index is 0. The summed E-state index contributed by atoms with van der Waals surface area (Å²) < 4.78 is 5.42. The van der Waals surface area contributed by atoms with Gasteiger partial charge in [0.2, 0.25) is 0 Å². The fraction of sp³-hybridized carbons (Fsp3) is 0.588. The number of hydrogen-bond acceptors (Lipinski definition) is 2. The van der Waals surface area contributed by atoms with E-state index in [0.29, 0.717) is 5.92 Å². The van der Waals surface area contributed by atoms with Crippen LogP contribution in [-0.4, -0.2) is 32.7 Å². The first-order valence-corrected chi connectivity index (χ1v) is 7.88. The highest BCUT2D eigenvalue weighted by Gasteiger charge is 2.10. The number of nitrogens with one attached hydrogen (secondary N) is 2. The molecule has 0 fully saturated rings. The van der Waals surface area contributed by atoms with Gasteiger partial charge in [0.1, 0.15) is 5.75 Å². The van der Waals surface area contributed by atoms with Gasteiger partial charge in [-0.1, -0.05) is 38.5 Å². The highest BCUT2D eigenvalue weighted by molar-refractivity contribution is 14.0. The predicted octanol–water partition coefficient (Wildman–Crippen LogP) is 3.77. The van der Waals surface area contributed by atoms with Crippen LogP contribution in [0.25, 0.3) is 0 Å². The quantitative estimate of drug-likeness (QED) is 0.292. The van der Waals surface area contributed by atoms with Crippen molar-refractivity contribution in [2.24, 2.45) is 4.99 Å². The Morgan fingerprint density at radius 3 is 2.59 bits per heavy atom. The Balaban J connectivity index is 0.00000441. The third kappa shape index (κ3) is 7.33. The second-order valence-corrected chi connectivity index (χ2v) is 5.14. The summed E-state index contributed by atoms with van der Waals surface area (Å²) in [6.07, 6.45) is 2.34. The summed E-state index contributed by atoms with van der Waals surface area (Å²) in [5, 5.41) is 6.65. The number of aliphatic imine (C=N–C) groups is 1. The van der Waals surface area contributed by atoms with Gasteiger partial charge in [-0.2, -0.15) is 0 Å². The van der Waals surface area contributed by atoms with Crippen molar-refractivity contribution in [3.63, 3.8) is 0 Å². The normalized spacial score (nSPS) is 12.3. The summed E-state index contributed by atoms with van der Waals surface area (Å²) in [6, 6.07) is 8.15. The van der Waals surface area contributed by atoms with Gasteiger partial charge in [-0.3, -0.25) is 4.99 Å². The summed E-state index contributed by atoms with van der Waals surface area (Å²) >= 11 is 0. The SMILES string of the molecule is CCCCNC(=NCC(C)c1ccccc1OC)NCC.I. The van der Waals surface area contributed by atoms with E-state index in [2.05, 4.69) is 42.5 Å². The first-order chi connectivity index (χ1) is 10.2. The Labute approximate surface area is 152 Å². The van der Waals surface area contributed by atoms with Crippen molar-refractivity contribution in [2.45, 2.75) is 39.5 Å². The lowest BCUT2D eigenvalue weighted by atomic mass is 10.0. The molecule has 0 radical (unpaired) electrons. The predicted molar refractivity (Wildman–Crippen MR) is 106 cm³/mol. The Kier molecular flexibility index (Phi) is 12.0. The second kappa shape index (κ2) is 12.6. The zero-order valence-corrected chi connectivity index (χ0v) is 16.5. The monoisotopic (exact) mass is 419 g/mol. The number of rotatable bonds is 8. The van der Waals surface area contributed by atoms with E-state index in [1.54, 1.807) is 7.11 Å². The number of unbranched alkanes of at least 4 members (excludes halogenated alkanes) is 1. The number of nitrogens with zero attached hydrogens (tertiary/aromatic N) is 1. The molecule has 1 aromatic rings. The van der Waals surface area contributed by atoms with Crippen molar-refractivity contribution in [1.82, 2.24) is 10.6 Å². The van der Waals surface area contributed by atoms with E-state index in [-0.39, 0.29) is 24.0 Å². The Bertz CT molecular complexity index is 438. The standard InChI is InChI=1S/C17H29N3O.HI/c1-5-7-12-19-17(18-6-2)20-13-14(3)15-10-8-9-11-16(15)21-4;/h8-11,14H,5-7,12-13H2,1-4H3,(H2,18,19,20);1H. The molecule has 126 valence electrons. The number of para-hydroxylation sites is 1. The van der Waals surface area contributed by atoms with Gasteiger partial charge in [-0.05, 0) is 25.0 Å². The molecule has 0 spiro atoms. The molecular formula is C17H30IN3O. The largest absolute Gasteiger partial charge is 0.496 e. The summed E-state index contributed by atoms with van der Waals surface area (Å²) in [5.41, 5.74) is 1.20. The van der Waals surface area contributed by atoms with Crippen LogP contribution in [-0.2, 0) is 0 Å². The number of ether oxygens (including phenoxy) is 1. The van der Waals surface area contributed by atoms with Crippen molar-refractivity contribution in [3.8, 4) is 5.75 Å². The second-order valence-electron chi connectivity index (χ2n) is 5.14. The zero-order valence-electron chi connectivity index (χ0n) is 14.2. The van der Waals surface area contributed by atoms with Crippen LogP contribution >= 0.6 is 24.0 Å². The third-order valence-electron chi connectivity index (χ3n) is 3.36. The van der Waals surface area contributed by atoms with Crippen LogP contribution in [0.4, 0.5) is 0 Å². The molecule has 0 bridgehead atoms. The van der Waals surface area contributed by atoms with Crippen LogP contribution in [0, 0.1) is 0 Å². The van der Waals surface area contributed by atoms with Crippen LogP contribution < -0.4 is 15.4 Å². The third-order valence-corrected chi connectivity index (χ3v) is 3.36. The zero-order chi connectivity index (χ0) is 15.5. The van der Waals surface area contributed by atoms with Crippen molar-refractivity contribution in [3.05, 3.63) is 29.8 Å². The molecule has 5 heteroatoms. The van der Waals surface area contributed by atoms with E-state index < -0.39 is 0 Å². The van der Waals surface area contributed by atoms with Crippen LogP contribution in [0.3, 0.4) is 0 Å². The molecule has 2 N–H and O–H groups in total. The number of methoxy groups -OCH3 is 1. The smallest absolute Gasteiger partial charge is 0.191 e. The molecular weight excluding hydrogens is 389 g/mol. The van der Waals surface area contributed by atoms with Crippen LogP contribution in [0.1, 0.15) is 45.1 Å². The van der Waals surface area contributed by atoms with E-state index in [1.165, 1.54) is 12.0 Å². The molecule has 4 nitrogen and oxygen atoms in total. The van der Waals surface area contributed by atoms with Crippen LogP contribution in [0.15, 0.2) is 29.3 Å². The summed E-state index contributed by atoms with van der Waals surface area (Å²) in [7, 11) is 1.71. The van der Waals surface area contributed by atoms with E-state index >= 15 is 0 Å². The molecule has 1 atom stereocenters. The molecule has 1 unspecified atom stereocenters. The van der Waals surface area contributed by atoms with Crippen LogP contribution in [0.2, 0.25) is 0 Å². The first-order valence-electron chi connectivity index (χ1n) is 7.88. The average molecular weight is 419 g/mol. The molecule has 1 rings (SSSR count). The molecule has 0 saturated heterocycles. The first kappa shape index (κ1) is 21.0. The van der Waals surface area contributed by atoms with Gasteiger partial charge in [0.15, 0.2) is 5.96 Å². The van der Waals surface area contributed by atoms with Gasteiger partial charge in [0.25, 0.3) is 0 Å². The van der Waals surface area contributed by atoms with Gasteiger partial charge < -0.3 is 15.4 Å². The lowest BCUT2D eigenvalue weighted by Gasteiger charge is -2.15. The van der Waals surface area contributed by atoms with Crippen LogP contribution in [0.5, 0.6) is 5.75 Å². The minimum absolute atomic E-state index is 0. The van der Waals surface area contributed by atoms with E-state index in [9.17, 15) is 0 Å². The molecule has 0 aromatic heterocycles. The van der Waals surface area contributed by atoms with Gasteiger partial charge in [0, 0.05) is 25.6 Å². The van der Waals surface area contributed by atoms with E-state index in [4.69, 9.17) is 4.74 Å². The summed E-state index contributed by atoms with van der Waals surface area (Å²) in [5.74, 6) is 2.15. The number of guanidine groups is 1. The molecule has 0 heterocycles. The van der Waals surface area contributed by atoms with Crippen molar-refractivity contribution in [2.75, 3.05) is 26.7 Å². The maximum atomic E-state index is 5.42. The Hall–Kier alpha value is -0.980. The average Bonchev–Trinajstić information content (AvgIpc) is 2.52. The topological polar surface area (TPSA) is 45.7 Å². The highest BCUT2D eigenvalue weighted by Crippen LogP contribution is 2.26. The maximum absolute atomic E-state index is 5.42. The van der Waals surface area contributed by atoms with Crippen molar-refractivity contribution < 1.29 is 4.74 Å². The molecule has 0 saturated carbocycles. The summed E-state index contributed by atoms with van der Waals surface area (Å²) in [4.78, 5) is 4.68. The molecule has 0 aliphatic carbocycles. The molecule has 0 amide bonds. The van der Waals surface area contributed by atoms with Crippen molar-refractivity contribution >= 4 is 29.9 Å². The number of halogens is 1. The molecule has 0 aliphatic rings. The lowest BCUT2D eigenvalue weighted by molar-refractivity contribution is 0.407. The molecule has 1 aromatic carbocycles. The Morgan fingerprint density at radius 1 is 1.23 bits per heavy atom. The fourth-order valence-electron chi connectivity index (χ4n) is 2.13.